The van der Waals surface area contributed by atoms with Gasteiger partial charge in [0, 0.05) is 55.5 Å². The van der Waals surface area contributed by atoms with Crippen LogP contribution in [0.1, 0.15) is 39.8 Å². The number of likely N-dealkylation sites (tertiary alicyclic amines) is 1. The van der Waals surface area contributed by atoms with Gasteiger partial charge in [0.05, 0.1) is 5.01 Å². The van der Waals surface area contributed by atoms with Crippen molar-refractivity contribution in [2.45, 2.75) is 25.7 Å². The Labute approximate surface area is 208 Å². The largest absolute Gasteiger partial charge is 0.378 e. The van der Waals surface area contributed by atoms with Crippen molar-refractivity contribution < 1.29 is 9.18 Å². The number of thiocarbonyl (C=S) groups is 1. The van der Waals surface area contributed by atoms with Crippen molar-refractivity contribution in [2.24, 2.45) is 0 Å². The normalized spacial score (nSPS) is 14.1. The molecule has 6 nitrogen and oxygen atoms in total. The predicted octanol–water partition coefficient (Wildman–Crippen LogP) is 5.49. The van der Waals surface area contributed by atoms with Crippen LogP contribution in [0.25, 0.3) is 0 Å². The summed E-state index contributed by atoms with van der Waals surface area (Å²) < 4.78 is 13.8. The molecule has 2 aromatic carbocycles. The van der Waals surface area contributed by atoms with E-state index in [0.717, 1.165) is 47.4 Å². The molecule has 1 aromatic heterocycles. The molecule has 1 aliphatic rings. The lowest BCUT2D eigenvalue weighted by Crippen LogP contribution is -2.40. The average Bonchev–Trinajstić information content (AvgIpc) is 3.32. The molecule has 0 spiro atoms. The zero-order valence-corrected chi connectivity index (χ0v) is 21.1. The van der Waals surface area contributed by atoms with E-state index in [9.17, 15) is 9.18 Å². The van der Waals surface area contributed by atoms with Gasteiger partial charge in [-0.25, -0.2) is 9.37 Å². The van der Waals surface area contributed by atoms with E-state index in [-0.39, 0.29) is 11.7 Å². The highest BCUT2D eigenvalue weighted by Gasteiger charge is 2.25. The molecule has 178 valence electrons. The summed E-state index contributed by atoms with van der Waals surface area (Å²) in [4.78, 5) is 21.4. The molecule has 4 rings (SSSR count). The zero-order chi connectivity index (χ0) is 24.2. The molecule has 1 amide bonds. The first-order valence-electron chi connectivity index (χ1n) is 11.2. The van der Waals surface area contributed by atoms with Gasteiger partial charge in [-0.05, 0) is 73.9 Å². The van der Waals surface area contributed by atoms with Gasteiger partial charge >= 0.3 is 0 Å². The molecule has 0 radical (unpaired) electrons. The molecule has 0 aliphatic carbocycles. The Morgan fingerprint density at radius 2 is 1.79 bits per heavy atom. The van der Waals surface area contributed by atoms with Gasteiger partial charge in [0.1, 0.15) is 11.5 Å². The van der Waals surface area contributed by atoms with Gasteiger partial charge in [-0.3, -0.25) is 4.79 Å². The Kier molecular flexibility index (Phi) is 7.43. The number of rotatable bonds is 5. The highest BCUT2D eigenvalue weighted by Crippen LogP contribution is 2.31. The molecule has 34 heavy (non-hydrogen) atoms. The van der Waals surface area contributed by atoms with Crippen molar-refractivity contribution >= 4 is 51.6 Å². The Morgan fingerprint density at radius 1 is 1.12 bits per heavy atom. The number of aromatic nitrogens is 1. The number of aryl methyl sites for hydroxylation is 1. The molecule has 9 heteroatoms. The summed E-state index contributed by atoms with van der Waals surface area (Å²) >= 11 is 7.12. The van der Waals surface area contributed by atoms with E-state index in [1.165, 1.54) is 17.4 Å². The number of carbonyl (C=O) groups is 1. The summed E-state index contributed by atoms with van der Waals surface area (Å²) in [6.45, 7) is 3.34. The molecule has 2 N–H and O–H groups in total. The number of piperidine rings is 1. The Morgan fingerprint density at radius 3 is 2.44 bits per heavy atom. The molecule has 0 saturated carbocycles. The average molecular weight is 498 g/mol. The molecule has 1 aliphatic heterocycles. The van der Waals surface area contributed by atoms with Crippen molar-refractivity contribution in [3.05, 3.63) is 69.9 Å². The molecule has 0 bridgehead atoms. The second-order valence-corrected chi connectivity index (χ2v) is 9.90. The predicted molar refractivity (Wildman–Crippen MR) is 142 cm³/mol. The fourth-order valence-corrected chi connectivity index (χ4v) is 5.09. The Hall–Kier alpha value is -3.04. The molecular weight excluding hydrogens is 469 g/mol. The minimum Gasteiger partial charge on any atom is -0.378 e. The first-order valence-corrected chi connectivity index (χ1v) is 12.4. The van der Waals surface area contributed by atoms with Crippen LogP contribution in [-0.2, 0) is 0 Å². The topological polar surface area (TPSA) is 60.5 Å². The third kappa shape index (κ3) is 5.71. The first kappa shape index (κ1) is 24.1. The summed E-state index contributed by atoms with van der Waals surface area (Å²) in [5, 5.41) is 9.50. The lowest BCUT2D eigenvalue weighted by Gasteiger charge is -2.33. The van der Waals surface area contributed by atoms with E-state index in [4.69, 9.17) is 12.2 Å². The highest BCUT2D eigenvalue weighted by atomic mass is 32.1. The van der Waals surface area contributed by atoms with Crippen molar-refractivity contribution in [1.82, 2.24) is 9.88 Å². The number of nitrogens with zero attached hydrogens (tertiary/aromatic N) is 3. The number of halogens is 1. The third-order valence-electron chi connectivity index (χ3n) is 5.95. The SMILES string of the molecule is Cc1ccc(NC(=O)c2csc(C3CCN(C(=S)Nc4ccc(N(C)C)cc4)CC3)n2)cc1F. The third-order valence-corrected chi connectivity index (χ3v) is 7.32. The Bertz CT molecular complexity index is 1170. The fraction of sp³-hybridized carbons (Fsp3) is 0.320. The maximum atomic E-state index is 13.8. The number of benzene rings is 2. The lowest BCUT2D eigenvalue weighted by atomic mass is 9.98. The van der Waals surface area contributed by atoms with Crippen LogP contribution in [0.15, 0.2) is 47.8 Å². The maximum Gasteiger partial charge on any atom is 0.275 e. The van der Waals surface area contributed by atoms with Crippen LogP contribution in [0.2, 0.25) is 0 Å². The van der Waals surface area contributed by atoms with Crippen LogP contribution in [0.5, 0.6) is 0 Å². The van der Waals surface area contributed by atoms with Gasteiger partial charge in [0.15, 0.2) is 5.11 Å². The fourth-order valence-electron chi connectivity index (χ4n) is 3.82. The highest BCUT2D eigenvalue weighted by molar-refractivity contribution is 7.80. The van der Waals surface area contributed by atoms with Gasteiger partial charge in [-0.15, -0.1) is 11.3 Å². The second kappa shape index (κ2) is 10.5. The monoisotopic (exact) mass is 497 g/mol. The van der Waals surface area contributed by atoms with Crippen molar-refractivity contribution in [3.8, 4) is 0 Å². The molecular formula is C25H28FN5OS2. The summed E-state index contributed by atoms with van der Waals surface area (Å²) in [7, 11) is 4.03. The van der Waals surface area contributed by atoms with Crippen LogP contribution in [0, 0.1) is 12.7 Å². The van der Waals surface area contributed by atoms with E-state index < -0.39 is 0 Å². The summed E-state index contributed by atoms with van der Waals surface area (Å²) in [6.07, 6.45) is 1.83. The summed E-state index contributed by atoms with van der Waals surface area (Å²) in [5.41, 5.74) is 3.44. The lowest BCUT2D eigenvalue weighted by molar-refractivity contribution is 0.102. The van der Waals surface area contributed by atoms with E-state index in [2.05, 4.69) is 37.6 Å². The molecule has 1 saturated heterocycles. The van der Waals surface area contributed by atoms with Crippen LogP contribution in [0.4, 0.5) is 21.5 Å². The zero-order valence-electron chi connectivity index (χ0n) is 19.5. The van der Waals surface area contributed by atoms with Gasteiger partial charge in [-0.2, -0.15) is 0 Å². The van der Waals surface area contributed by atoms with E-state index >= 15 is 0 Å². The number of amides is 1. The number of thiazole rings is 1. The number of nitrogens with one attached hydrogen (secondary N) is 2. The number of hydrogen-bond acceptors (Lipinski definition) is 5. The molecule has 1 fully saturated rings. The quantitative estimate of drug-likeness (QED) is 0.455. The minimum absolute atomic E-state index is 0.293. The summed E-state index contributed by atoms with van der Waals surface area (Å²) in [5.74, 6) is -0.378. The van der Waals surface area contributed by atoms with Gasteiger partial charge in [0.2, 0.25) is 0 Å². The first-order chi connectivity index (χ1) is 16.3. The smallest absolute Gasteiger partial charge is 0.275 e. The number of anilines is 3. The molecule has 0 atom stereocenters. The van der Waals surface area contributed by atoms with Gasteiger partial charge < -0.3 is 20.4 Å². The van der Waals surface area contributed by atoms with Gasteiger partial charge in [-0.1, -0.05) is 6.07 Å². The number of hydrogen-bond donors (Lipinski definition) is 2. The molecule has 0 unspecified atom stereocenters. The van der Waals surface area contributed by atoms with Crippen LogP contribution < -0.4 is 15.5 Å². The molecule has 2 heterocycles. The maximum absolute atomic E-state index is 13.8. The van der Waals surface area contributed by atoms with Crippen LogP contribution in [0.3, 0.4) is 0 Å². The number of carbonyl (C=O) groups excluding carboxylic acids is 1. The van der Waals surface area contributed by atoms with Crippen LogP contribution >= 0.6 is 23.6 Å². The van der Waals surface area contributed by atoms with E-state index in [0.29, 0.717) is 22.9 Å². The van der Waals surface area contributed by atoms with Crippen LogP contribution in [-0.4, -0.2) is 48.1 Å². The van der Waals surface area contributed by atoms with Crippen molar-refractivity contribution in [3.63, 3.8) is 0 Å². The molecule has 3 aromatic rings. The van der Waals surface area contributed by atoms with Gasteiger partial charge in [0.25, 0.3) is 5.91 Å². The second-order valence-electron chi connectivity index (χ2n) is 8.62. The standard InChI is InChI=1S/C25H28FN5OS2/c1-16-4-5-19(14-21(16)26)27-23(32)22-15-34-24(29-22)17-10-12-31(13-11-17)25(33)28-18-6-8-20(9-7-18)30(2)3/h4-9,14-15,17H,10-13H2,1-3H3,(H,27,32)(H,28,33). The van der Waals surface area contributed by atoms with Crippen molar-refractivity contribution in [2.75, 3.05) is 42.7 Å². The van der Waals surface area contributed by atoms with E-state index in [1.54, 1.807) is 24.4 Å². The summed E-state index contributed by atoms with van der Waals surface area (Å²) in [6, 6.07) is 12.8. The van der Waals surface area contributed by atoms with Crippen molar-refractivity contribution in [1.29, 1.82) is 0 Å². The Balaban J connectivity index is 1.29. The van der Waals surface area contributed by atoms with E-state index in [1.807, 2.05) is 26.2 Å². The minimum atomic E-state index is -0.346.